The number of hydrogen-bond donors (Lipinski definition) is 0. The molecule has 0 amide bonds. The highest BCUT2D eigenvalue weighted by Crippen LogP contribution is 2.60. The molecular formula is C52H37NS. The highest BCUT2D eigenvalue weighted by molar-refractivity contribution is 7.25. The Morgan fingerprint density at radius 2 is 0.981 bits per heavy atom. The molecule has 2 aliphatic rings. The van der Waals surface area contributed by atoms with E-state index < -0.39 is 5.41 Å². The molecule has 0 saturated heterocycles. The summed E-state index contributed by atoms with van der Waals surface area (Å²) in [4.78, 5) is 2.53. The fourth-order valence-corrected chi connectivity index (χ4v) is 10.9. The molecule has 11 rings (SSSR count). The van der Waals surface area contributed by atoms with Gasteiger partial charge >= 0.3 is 0 Å². The van der Waals surface area contributed by atoms with Gasteiger partial charge in [-0.15, -0.1) is 11.3 Å². The molecule has 0 spiro atoms. The normalized spacial score (nSPS) is 14.4. The third kappa shape index (κ3) is 4.26. The fraction of sp³-hybridized carbons (Fsp3) is 0.0769. The van der Waals surface area contributed by atoms with E-state index in [1.165, 1.54) is 81.5 Å². The van der Waals surface area contributed by atoms with Crippen molar-refractivity contribution < 1.29 is 0 Å². The summed E-state index contributed by atoms with van der Waals surface area (Å²) in [5.74, 6) is 0. The Kier molecular flexibility index (Phi) is 6.75. The minimum Gasteiger partial charge on any atom is -0.310 e. The largest absolute Gasteiger partial charge is 0.310 e. The van der Waals surface area contributed by atoms with Gasteiger partial charge in [0.05, 0.1) is 11.1 Å². The van der Waals surface area contributed by atoms with Crippen molar-refractivity contribution in [3.63, 3.8) is 0 Å². The summed E-state index contributed by atoms with van der Waals surface area (Å²) in [6, 6.07) is 70.3. The van der Waals surface area contributed by atoms with Gasteiger partial charge in [-0.2, -0.15) is 0 Å². The van der Waals surface area contributed by atoms with Gasteiger partial charge in [0, 0.05) is 42.5 Å². The van der Waals surface area contributed by atoms with Crippen molar-refractivity contribution in [3.8, 4) is 22.3 Å². The van der Waals surface area contributed by atoms with Gasteiger partial charge in [-0.05, 0) is 92.5 Å². The van der Waals surface area contributed by atoms with E-state index in [2.05, 4.69) is 207 Å². The van der Waals surface area contributed by atoms with Crippen LogP contribution in [0, 0.1) is 0 Å². The van der Waals surface area contributed by atoms with Crippen molar-refractivity contribution in [1.82, 2.24) is 0 Å². The summed E-state index contributed by atoms with van der Waals surface area (Å²) in [5.41, 5.74) is 16.0. The third-order valence-corrected chi connectivity index (χ3v) is 13.3. The predicted octanol–water partition coefficient (Wildman–Crippen LogP) is 14.2. The van der Waals surface area contributed by atoms with Crippen LogP contribution in [0.25, 0.3) is 42.4 Å². The average molecular weight is 708 g/mol. The third-order valence-electron chi connectivity index (χ3n) is 12.1. The lowest BCUT2D eigenvalue weighted by atomic mass is 9.68. The van der Waals surface area contributed by atoms with Crippen molar-refractivity contribution in [2.24, 2.45) is 0 Å². The van der Waals surface area contributed by atoms with Crippen LogP contribution in [0.4, 0.5) is 17.1 Å². The molecule has 0 aliphatic heterocycles. The zero-order valence-electron chi connectivity index (χ0n) is 30.3. The monoisotopic (exact) mass is 707 g/mol. The Balaban J connectivity index is 1.23. The molecule has 1 nitrogen and oxygen atoms in total. The highest BCUT2D eigenvalue weighted by atomic mass is 32.1. The van der Waals surface area contributed by atoms with E-state index in [1.807, 2.05) is 11.3 Å². The standard InChI is InChI=1S/C52H37NS/c1-51(2)43-23-12-9-20-38(43)39-30-28-37(33-46(39)51)53(36-29-31-49-42(32-36)40-21-11-14-27-48(40)54-49)47-26-15-25-45-50(47)41-22-10-13-24-44(41)52(45,34-16-5-3-6-17-34)35-18-7-4-8-19-35/h3-33H,1-2H3. The minimum absolute atomic E-state index is 0.123. The summed E-state index contributed by atoms with van der Waals surface area (Å²) in [5, 5.41) is 2.60. The van der Waals surface area contributed by atoms with E-state index >= 15 is 0 Å². The maximum atomic E-state index is 2.53. The lowest BCUT2D eigenvalue weighted by molar-refractivity contribution is 0.660. The minimum atomic E-state index is -0.481. The van der Waals surface area contributed by atoms with Crippen LogP contribution in [0.3, 0.4) is 0 Å². The van der Waals surface area contributed by atoms with E-state index in [0.29, 0.717) is 0 Å². The van der Waals surface area contributed by atoms with Crippen molar-refractivity contribution in [2.75, 3.05) is 4.90 Å². The van der Waals surface area contributed by atoms with Crippen molar-refractivity contribution in [2.45, 2.75) is 24.7 Å². The van der Waals surface area contributed by atoms with Gasteiger partial charge in [0.1, 0.15) is 0 Å². The van der Waals surface area contributed by atoms with Crippen LogP contribution in [0.1, 0.15) is 47.2 Å². The number of anilines is 3. The molecule has 0 unspecified atom stereocenters. The zero-order chi connectivity index (χ0) is 36.0. The molecule has 54 heavy (non-hydrogen) atoms. The summed E-state index contributed by atoms with van der Waals surface area (Å²) < 4.78 is 2.62. The van der Waals surface area contributed by atoms with Gasteiger partial charge in [0.2, 0.25) is 0 Å². The van der Waals surface area contributed by atoms with Crippen LogP contribution < -0.4 is 4.90 Å². The van der Waals surface area contributed by atoms with Crippen molar-refractivity contribution >= 4 is 48.6 Å². The molecule has 0 radical (unpaired) electrons. The first-order valence-corrected chi connectivity index (χ1v) is 19.7. The van der Waals surface area contributed by atoms with Crippen molar-refractivity contribution in [1.29, 1.82) is 0 Å². The van der Waals surface area contributed by atoms with Gasteiger partial charge < -0.3 is 4.90 Å². The van der Waals surface area contributed by atoms with Crippen LogP contribution in [-0.2, 0) is 10.8 Å². The number of nitrogens with zero attached hydrogens (tertiary/aromatic N) is 1. The Morgan fingerprint density at radius 1 is 0.407 bits per heavy atom. The smallest absolute Gasteiger partial charge is 0.0714 e. The fourth-order valence-electron chi connectivity index (χ4n) is 9.77. The molecule has 0 fully saturated rings. The second kappa shape index (κ2) is 11.6. The van der Waals surface area contributed by atoms with Gasteiger partial charge in [-0.25, -0.2) is 0 Å². The Morgan fingerprint density at radius 3 is 1.76 bits per heavy atom. The van der Waals surface area contributed by atoms with E-state index in [9.17, 15) is 0 Å². The zero-order valence-corrected chi connectivity index (χ0v) is 31.1. The molecule has 8 aromatic carbocycles. The molecule has 9 aromatic rings. The first-order chi connectivity index (χ1) is 26.5. The first kappa shape index (κ1) is 31.3. The predicted molar refractivity (Wildman–Crippen MR) is 229 cm³/mol. The molecule has 0 atom stereocenters. The number of fused-ring (bicyclic) bond motifs is 9. The van der Waals surface area contributed by atoms with Crippen LogP contribution in [0.15, 0.2) is 188 Å². The summed E-state index contributed by atoms with van der Waals surface area (Å²) in [6.45, 7) is 4.75. The molecule has 2 aliphatic carbocycles. The van der Waals surface area contributed by atoms with Crippen LogP contribution >= 0.6 is 11.3 Å². The van der Waals surface area contributed by atoms with E-state index in [1.54, 1.807) is 0 Å². The molecule has 0 saturated carbocycles. The second-order valence-corrected chi connectivity index (χ2v) is 16.3. The Hall–Kier alpha value is -6.22. The number of hydrogen-bond acceptors (Lipinski definition) is 2. The first-order valence-electron chi connectivity index (χ1n) is 18.9. The SMILES string of the molecule is CC1(C)c2ccccc2-c2ccc(N(c3ccc4sc5ccccc5c4c3)c3cccc4c3-c3ccccc3C4(c3ccccc3)c3ccccc3)cc21. The second-order valence-electron chi connectivity index (χ2n) is 15.2. The maximum Gasteiger partial charge on any atom is 0.0714 e. The maximum absolute atomic E-state index is 2.53. The lowest BCUT2D eigenvalue weighted by Gasteiger charge is -2.34. The lowest BCUT2D eigenvalue weighted by Crippen LogP contribution is -2.28. The molecule has 256 valence electrons. The van der Waals surface area contributed by atoms with Gasteiger partial charge in [-0.3, -0.25) is 0 Å². The number of benzene rings is 8. The average Bonchev–Trinajstić information content (AvgIpc) is 3.83. The molecule has 0 bridgehead atoms. The van der Waals surface area contributed by atoms with Gasteiger partial charge in [0.25, 0.3) is 0 Å². The molecule has 0 N–H and O–H groups in total. The van der Waals surface area contributed by atoms with E-state index in [4.69, 9.17) is 0 Å². The number of rotatable bonds is 5. The van der Waals surface area contributed by atoms with Crippen LogP contribution in [-0.4, -0.2) is 0 Å². The summed E-state index contributed by atoms with van der Waals surface area (Å²) >= 11 is 1.87. The summed E-state index contributed by atoms with van der Waals surface area (Å²) in [7, 11) is 0. The number of thiophene rings is 1. The molecular weight excluding hydrogens is 671 g/mol. The summed E-state index contributed by atoms with van der Waals surface area (Å²) in [6.07, 6.45) is 0. The highest BCUT2D eigenvalue weighted by Gasteiger charge is 2.47. The van der Waals surface area contributed by atoms with Crippen molar-refractivity contribution in [3.05, 3.63) is 221 Å². The van der Waals surface area contributed by atoms with Gasteiger partial charge in [0.15, 0.2) is 0 Å². The quantitative estimate of drug-likeness (QED) is 0.172. The van der Waals surface area contributed by atoms with Crippen LogP contribution in [0.5, 0.6) is 0 Å². The van der Waals surface area contributed by atoms with Crippen LogP contribution in [0.2, 0.25) is 0 Å². The molecule has 1 aromatic heterocycles. The Bertz CT molecular complexity index is 2880. The van der Waals surface area contributed by atoms with Gasteiger partial charge in [-0.1, -0.05) is 159 Å². The molecule has 2 heteroatoms. The molecule has 1 heterocycles. The topological polar surface area (TPSA) is 3.24 Å². The Labute approximate surface area is 320 Å². The van der Waals surface area contributed by atoms with E-state index in [0.717, 1.165) is 11.4 Å². The van der Waals surface area contributed by atoms with E-state index in [-0.39, 0.29) is 5.41 Å².